The molecule has 5 atom stereocenters. The molecule has 46 heavy (non-hydrogen) atoms. The van der Waals surface area contributed by atoms with E-state index in [4.69, 9.17) is 25.8 Å². The summed E-state index contributed by atoms with van der Waals surface area (Å²) >= 11 is 6.33. The fraction of sp³-hybridized carbons (Fsp3) is 0.571. The Morgan fingerprint density at radius 1 is 1.11 bits per heavy atom. The monoisotopic (exact) mass is 674 g/mol. The molecule has 2 bridgehead atoms. The number of fused-ring (bicyclic) bond motifs is 3. The Labute approximate surface area is 278 Å². The minimum Gasteiger partial charge on any atom is -0.487 e. The van der Waals surface area contributed by atoms with Gasteiger partial charge in [-0.2, -0.15) is 0 Å². The molecule has 2 aliphatic heterocycles. The van der Waals surface area contributed by atoms with Crippen LogP contribution in [0.15, 0.2) is 48.6 Å². The van der Waals surface area contributed by atoms with Crippen LogP contribution < -0.4 is 14.4 Å². The third kappa shape index (κ3) is 8.08. The molecule has 1 fully saturated rings. The summed E-state index contributed by atoms with van der Waals surface area (Å²) in [6, 6.07) is 11.0. The van der Waals surface area contributed by atoms with E-state index in [-0.39, 0.29) is 29.9 Å². The van der Waals surface area contributed by atoms with Crippen molar-refractivity contribution in [1.29, 1.82) is 0 Å². The number of rotatable bonds is 5. The van der Waals surface area contributed by atoms with Crippen molar-refractivity contribution in [3.05, 3.63) is 70.3 Å². The normalized spacial score (nSPS) is 29.2. The highest BCUT2D eigenvalue weighted by molar-refractivity contribution is 7.90. The predicted molar refractivity (Wildman–Crippen MR) is 180 cm³/mol. The number of anilines is 1. The summed E-state index contributed by atoms with van der Waals surface area (Å²) in [6.07, 6.45) is 8.56. The van der Waals surface area contributed by atoms with E-state index in [0.717, 1.165) is 48.9 Å². The highest BCUT2D eigenvalue weighted by Crippen LogP contribution is 2.45. The molecule has 2 heterocycles. The average molecular weight is 675 g/mol. The zero-order valence-electron chi connectivity index (χ0n) is 27.0. The molecule has 5 rings (SSSR count). The molecule has 0 saturated heterocycles. The highest BCUT2D eigenvalue weighted by atomic mass is 35.5. The van der Waals surface area contributed by atoms with E-state index in [9.17, 15) is 18.3 Å². The Kier molecular flexibility index (Phi) is 11.4. The number of nitrogens with one attached hydrogen (secondary N) is 1. The number of sulfonamides is 1. The Balaban J connectivity index is 1.54. The Morgan fingerprint density at radius 2 is 1.93 bits per heavy atom. The van der Waals surface area contributed by atoms with Gasteiger partial charge in [0.05, 0.1) is 30.8 Å². The minimum atomic E-state index is -3.98. The van der Waals surface area contributed by atoms with E-state index < -0.39 is 26.8 Å². The topological polar surface area (TPSA) is 114 Å². The van der Waals surface area contributed by atoms with Gasteiger partial charge in [-0.15, -0.1) is 0 Å². The Bertz CT molecular complexity index is 1520. The van der Waals surface area contributed by atoms with Gasteiger partial charge in [-0.25, -0.2) is 13.1 Å². The van der Waals surface area contributed by atoms with Crippen LogP contribution in [0, 0.1) is 17.8 Å². The van der Waals surface area contributed by atoms with Gasteiger partial charge in [0.1, 0.15) is 18.0 Å². The van der Waals surface area contributed by atoms with Crippen LogP contribution in [0.4, 0.5) is 5.69 Å². The summed E-state index contributed by atoms with van der Waals surface area (Å²) in [6.45, 7) is 6.03. The number of allylic oxidation sites excluding steroid dienone is 1. The number of methoxy groups -OCH3 is 1. The second-order valence-corrected chi connectivity index (χ2v) is 15.5. The van der Waals surface area contributed by atoms with E-state index in [1.165, 1.54) is 0 Å². The largest absolute Gasteiger partial charge is 0.487 e. The molecule has 9 nitrogen and oxygen atoms in total. The van der Waals surface area contributed by atoms with Crippen LogP contribution in [0.1, 0.15) is 67.4 Å². The summed E-state index contributed by atoms with van der Waals surface area (Å²) in [7, 11) is -2.37. The first-order valence-corrected chi connectivity index (χ1v) is 18.2. The van der Waals surface area contributed by atoms with E-state index in [2.05, 4.69) is 9.62 Å². The number of nitrogens with zero attached hydrogens (tertiary/aromatic N) is 1. The second kappa shape index (κ2) is 15.1. The van der Waals surface area contributed by atoms with Gasteiger partial charge >= 0.3 is 0 Å². The van der Waals surface area contributed by atoms with Crippen molar-refractivity contribution in [2.24, 2.45) is 17.8 Å². The Hall–Kier alpha value is -2.63. The van der Waals surface area contributed by atoms with Crippen LogP contribution in [-0.4, -0.2) is 70.3 Å². The van der Waals surface area contributed by atoms with E-state index in [0.29, 0.717) is 50.1 Å². The lowest BCUT2D eigenvalue weighted by atomic mass is 9.64. The number of ether oxygens (including phenoxy) is 3. The van der Waals surface area contributed by atoms with Crippen LogP contribution in [-0.2, 0) is 32.5 Å². The third-order valence-electron chi connectivity index (χ3n) is 9.96. The molecule has 0 radical (unpaired) electrons. The molecule has 1 saturated carbocycles. The summed E-state index contributed by atoms with van der Waals surface area (Å²) in [5, 5.41) is 11.9. The molecule has 2 aromatic carbocycles. The number of benzene rings is 2. The van der Waals surface area contributed by atoms with E-state index in [1.807, 2.05) is 31.2 Å². The van der Waals surface area contributed by atoms with Crippen molar-refractivity contribution < 1.29 is 32.5 Å². The number of carbonyl (C=O) groups is 1. The standard InChI is InChI=1S/C35H47ClN2O7S/c1-24-7-6-15-35(40,23-44-18-17-43-3)31-13-10-28(31)21-38-16-5-4-8-26-19-30(36)12-9-29(26)22-45-33-14-11-27(20-32(33)38)34(39)37-46(41,42)25(24)2/h6,9,11-12,14-15,19-20,24-25,28,31,40H,4-5,7-8,10,13,16-18,21-23H2,1-3H3,(H,37,39)/b15-6+/t24-,25+,28-,31+,35+/m0/s1. The molecule has 1 amide bonds. The van der Waals surface area contributed by atoms with E-state index in [1.54, 1.807) is 38.3 Å². The average Bonchev–Trinajstić information content (AvgIpc) is 3.03. The smallest absolute Gasteiger partial charge is 0.264 e. The molecular weight excluding hydrogens is 628 g/mol. The summed E-state index contributed by atoms with van der Waals surface area (Å²) < 4.78 is 46.4. The van der Waals surface area contributed by atoms with Crippen molar-refractivity contribution >= 4 is 33.2 Å². The van der Waals surface area contributed by atoms with Crippen LogP contribution in [0.2, 0.25) is 5.02 Å². The van der Waals surface area contributed by atoms with Gasteiger partial charge in [-0.05, 0) is 105 Å². The quantitative estimate of drug-likeness (QED) is 0.315. The summed E-state index contributed by atoms with van der Waals surface area (Å²) in [4.78, 5) is 15.7. The van der Waals surface area contributed by atoms with Crippen molar-refractivity contribution in [2.75, 3.05) is 44.9 Å². The molecule has 2 N–H and O–H groups in total. The van der Waals surface area contributed by atoms with Gasteiger partial charge in [0, 0.05) is 30.8 Å². The number of halogens is 1. The van der Waals surface area contributed by atoms with Crippen LogP contribution >= 0.6 is 11.6 Å². The van der Waals surface area contributed by atoms with Crippen molar-refractivity contribution in [1.82, 2.24) is 4.72 Å². The van der Waals surface area contributed by atoms with Gasteiger partial charge in [-0.3, -0.25) is 4.79 Å². The molecule has 0 unspecified atom stereocenters. The maximum atomic E-state index is 13.4. The molecule has 0 aromatic heterocycles. The molecule has 3 aliphatic rings. The maximum Gasteiger partial charge on any atom is 0.264 e. The lowest BCUT2D eigenvalue weighted by molar-refractivity contribution is -0.0993. The predicted octanol–water partition coefficient (Wildman–Crippen LogP) is 5.53. The summed E-state index contributed by atoms with van der Waals surface area (Å²) in [5.74, 6) is -0.255. The van der Waals surface area contributed by atoms with Crippen LogP contribution in [0.25, 0.3) is 0 Å². The number of hydrogen-bond acceptors (Lipinski definition) is 8. The first-order valence-electron chi connectivity index (χ1n) is 16.3. The zero-order valence-corrected chi connectivity index (χ0v) is 28.6. The highest BCUT2D eigenvalue weighted by Gasteiger charge is 2.46. The lowest BCUT2D eigenvalue weighted by Crippen LogP contribution is -2.52. The zero-order chi connectivity index (χ0) is 32.9. The molecule has 11 heteroatoms. The fourth-order valence-electron chi connectivity index (χ4n) is 6.73. The third-order valence-corrected chi connectivity index (χ3v) is 12.1. The van der Waals surface area contributed by atoms with Gasteiger partial charge in [-0.1, -0.05) is 36.7 Å². The van der Waals surface area contributed by atoms with Crippen molar-refractivity contribution in [2.45, 2.75) is 69.8 Å². The number of hydrogen-bond donors (Lipinski definition) is 2. The molecule has 0 spiro atoms. The SMILES string of the molecule is COCCOC[C@]1(O)/C=C/C[C@H](C)[C@@H](C)S(=O)(=O)NC(=O)c2ccc3c(c2)N(CCCCc2cc(Cl)ccc2CO3)C[C@@H]2CC[C@H]21. The van der Waals surface area contributed by atoms with Gasteiger partial charge in [0.15, 0.2) is 0 Å². The molecule has 252 valence electrons. The first kappa shape index (κ1) is 34.7. The second-order valence-electron chi connectivity index (χ2n) is 13.1. The van der Waals surface area contributed by atoms with Crippen molar-refractivity contribution in [3.63, 3.8) is 0 Å². The number of carbonyl (C=O) groups excluding carboxylic acids is 1. The number of aryl methyl sites for hydroxylation is 1. The van der Waals surface area contributed by atoms with E-state index >= 15 is 0 Å². The minimum absolute atomic E-state index is 0.0592. The fourth-order valence-corrected chi connectivity index (χ4v) is 8.21. The lowest BCUT2D eigenvalue weighted by Gasteiger charge is -2.48. The number of aliphatic hydroxyl groups is 1. The Morgan fingerprint density at radius 3 is 2.70 bits per heavy atom. The van der Waals surface area contributed by atoms with Crippen LogP contribution in [0.5, 0.6) is 5.75 Å². The maximum absolute atomic E-state index is 13.4. The molecular formula is C35H47ClN2O7S. The van der Waals surface area contributed by atoms with Crippen molar-refractivity contribution in [3.8, 4) is 5.75 Å². The van der Waals surface area contributed by atoms with Gasteiger partial charge in [0.2, 0.25) is 10.0 Å². The summed E-state index contributed by atoms with van der Waals surface area (Å²) in [5.41, 5.74) is 1.97. The number of amides is 1. The molecule has 2 aromatic rings. The van der Waals surface area contributed by atoms with Crippen LogP contribution in [0.3, 0.4) is 0 Å². The van der Waals surface area contributed by atoms with Gasteiger partial charge in [0.25, 0.3) is 5.91 Å². The van der Waals surface area contributed by atoms with Gasteiger partial charge < -0.3 is 24.2 Å². The first-order chi connectivity index (χ1) is 22.0. The molecule has 1 aliphatic carbocycles.